The zero-order chi connectivity index (χ0) is 21.2. The van der Waals surface area contributed by atoms with Crippen LogP contribution in [0.3, 0.4) is 0 Å². The highest BCUT2D eigenvalue weighted by Crippen LogP contribution is 2.38. The van der Waals surface area contributed by atoms with E-state index < -0.39 is 29.2 Å². The SMILES string of the molecule is CCC1CCC(c2ccc(-c3cc(F)c(C#CC(F)(F)F)c(F)c3)c(F)c2)CC1. The minimum Gasteiger partial charge on any atom is -0.206 e. The summed E-state index contributed by atoms with van der Waals surface area (Å²) < 4.78 is 79.4. The van der Waals surface area contributed by atoms with Gasteiger partial charge in [-0.15, -0.1) is 0 Å². The molecule has 0 spiro atoms. The molecule has 0 saturated heterocycles. The molecule has 0 N–H and O–H groups in total. The smallest absolute Gasteiger partial charge is 0.206 e. The molecule has 1 aliphatic carbocycles. The highest BCUT2D eigenvalue weighted by molar-refractivity contribution is 5.66. The lowest BCUT2D eigenvalue weighted by Gasteiger charge is -2.28. The summed E-state index contributed by atoms with van der Waals surface area (Å²) in [4.78, 5) is 0. The lowest BCUT2D eigenvalue weighted by molar-refractivity contribution is -0.0696. The average molecular weight is 410 g/mol. The number of hydrogen-bond acceptors (Lipinski definition) is 0. The van der Waals surface area contributed by atoms with Crippen LogP contribution in [0, 0.1) is 35.2 Å². The first kappa shape index (κ1) is 21.3. The molecular formula is C23H20F6. The lowest BCUT2D eigenvalue weighted by Crippen LogP contribution is -2.12. The van der Waals surface area contributed by atoms with Gasteiger partial charge in [-0.25, -0.2) is 13.2 Å². The van der Waals surface area contributed by atoms with Crippen LogP contribution < -0.4 is 0 Å². The molecule has 2 aromatic carbocycles. The molecule has 154 valence electrons. The number of rotatable bonds is 3. The van der Waals surface area contributed by atoms with Gasteiger partial charge in [-0.3, -0.25) is 0 Å². The van der Waals surface area contributed by atoms with E-state index in [1.54, 1.807) is 6.07 Å². The van der Waals surface area contributed by atoms with Crippen LogP contribution in [0.15, 0.2) is 30.3 Å². The molecule has 3 rings (SSSR count). The van der Waals surface area contributed by atoms with E-state index in [2.05, 4.69) is 6.92 Å². The summed E-state index contributed by atoms with van der Waals surface area (Å²) >= 11 is 0. The van der Waals surface area contributed by atoms with Gasteiger partial charge in [0, 0.05) is 11.5 Å². The van der Waals surface area contributed by atoms with Gasteiger partial charge in [0.25, 0.3) is 0 Å². The van der Waals surface area contributed by atoms with Crippen molar-refractivity contribution in [3.8, 4) is 23.0 Å². The molecule has 29 heavy (non-hydrogen) atoms. The van der Waals surface area contributed by atoms with Crippen LogP contribution in [0.4, 0.5) is 26.3 Å². The maximum atomic E-state index is 14.7. The average Bonchev–Trinajstić information content (AvgIpc) is 2.66. The second-order valence-corrected chi connectivity index (χ2v) is 7.43. The Balaban J connectivity index is 1.86. The van der Waals surface area contributed by atoms with Crippen LogP contribution in [-0.4, -0.2) is 6.18 Å². The van der Waals surface area contributed by atoms with Crippen LogP contribution in [-0.2, 0) is 0 Å². The monoisotopic (exact) mass is 410 g/mol. The van der Waals surface area contributed by atoms with Gasteiger partial charge in [0.2, 0.25) is 0 Å². The molecule has 0 heterocycles. The number of benzene rings is 2. The van der Waals surface area contributed by atoms with Crippen molar-refractivity contribution < 1.29 is 26.3 Å². The first-order valence-electron chi connectivity index (χ1n) is 9.56. The Bertz CT molecular complexity index is 917. The van der Waals surface area contributed by atoms with E-state index in [0.29, 0.717) is 5.92 Å². The topological polar surface area (TPSA) is 0 Å². The van der Waals surface area contributed by atoms with Crippen molar-refractivity contribution in [2.24, 2.45) is 5.92 Å². The Kier molecular flexibility index (Phi) is 6.26. The predicted molar refractivity (Wildman–Crippen MR) is 99.7 cm³/mol. The number of halogens is 6. The Morgan fingerprint density at radius 2 is 1.52 bits per heavy atom. The zero-order valence-corrected chi connectivity index (χ0v) is 15.8. The van der Waals surface area contributed by atoms with Crippen LogP contribution in [0.5, 0.6) is 0 Å². The molecule has 0 radical (unpaired) electrons. The third-order valence-electron chi connectivity index (χ3n) is 5.57. The fourth-order valence-electron chi connectivity index (χ4n) is 3.90. The molecule has 0 aromatic heterocycles. The van der Waals surface area contributed by atoms with Gasteiger partial charge in [-0.1, -0.05) is 31.4 Å². The predicted octanol–water partition coefficient (Wildman–Crippen LogP) is 7.37. The standard InChI is InChI=1S/C23H20F6/c1-2-14-3-5-15(6-4-14)16-7-8-18(20(24)11-16)17-12-21(25)19(22(26)13-17)9-10-23(27,28)29/h7-8,11-15H,2-6H2,1H3. The van der Waals surface area contributed by atoms with Gasteiger partial charge in [0.1, 0.15) is 17.5 Å². The van der Waals surface area contributed by atoms with Crippen molar-refractivity contribution in [2.45, 2.75) is 51.1 Å². The highest BCUT2D eigenvalue weighted by Gasteiger charge is 2.24. The van der Waals surface area contributed by atoms with E-state index in [9.17, 15) is 26.3 Å². The second kappa shape index (κ2) is 8.52. The lowest BCUT2D eigenvalue weighted by atomic mass is 9.77. The fourth-order valence-corrected chi connectivity index (χ4v) is 3.90. The maximum Gasteiger partial charge on any atom is 0.458 e. The fraction of sp³-hybridized carbons (Fsp3) is 0.391. The molecule has 1 saturated carbocycles. The zero-order valence-electron chi connectivity index (χ0n) is 15.8. The van der Waals surface area contributed by atoms with E-state index in [1.807, 2.05) is 0 Å². The Hall–Kier alpha value is -2.42. The van der Waals surface area contributed by atoms with Crippen LogP contribution in [0.2, 0.25) is 0 Å². The third kappa shape index (κ3) is 5.14. The molecule has 0 unspecified atom stereocenters. The first-order valence-corrected chi connectivity index (χ1v) is 9.56. The van der Waals surface area contributed by atoms with Gasteiger partial charge in [-0.2, -0.15) is 13.2 Å². The number of hydrogen-bond donors (Lipinski definition) is 0. The molecule has 0 atom stereocenters. The number of alkyl halides is 3. The summed E-state index contributed by atoms with van der Waals surface area (Å²) in [5, 5.41) is 0. The summed E-state index contributed by atoms with van der Waals surface area (Å²) in [7, 11) is 0. The highest BCUT2D eigenvalue weighted by atomic mass is 19.4. The normalized spacial score (nSPS) is 19.6. The molecular weight excluding hydrogens is 390 g/mol. The molecule has 1 fully saturated rings. The van der Waals surface area contributed by atoms with E-state index in [-0.39, 0.29) is 17.0 Å². The van der Waals surface area contributed by atoms with Gasteiger partial charge in [0.15, 0.2) is 0 Å². The quantitative estimate of drug-likeness (QED) is 0.366. The minimum atomic E-state index is -4.87. The Morgan fingerprint density at radius 1 is 0.897 bits per heavy atom. The second-order valence-electron chi connectivity index (χ2n) is 7.43. The first-order chi connectivity index (χ1) is 13.7. The molecule has 0 aliphatic heterocycles. The van der Waals surface area contributed by atoms with E-state index in [0.717, 1.165) is 55.7 Å². The van der Waals surface area contributed by atoms with Crippen molar-refractivity contribution in [1.82, 2.24) is 0 Å². The Morgan fingerprint density at radius 3 is 2.03 bits per heavy atom. The van der Waals surface area contributed by atoms with Gasteiger partial charge < -0.3 is 0 Å². The maximum absolute atomic E-state index is 14.7. The molecule has 0 amide bonds. The summed E-state index contributed by atoms with van der Waals surface area (Å²) in [6.45, 7) is 2.16. The van der Waals surface area contributed by atoms with Crippen LogP contribution >= 0.6 is 0 Å². The van der Waals surface area contributed by atoms with Crippen molar-refractivity contribution in [1.29, 1.82) is 0 Å². The largest absolute Gasteiger partial charge is 0.458 e. The minimum absolute atomic E-state index is 0.0101. The molecule has 6 heteroatoms. The van der Waals surface area contributed by atoms with Gasteiger partial charge >= 0.3 is 6.18 Å². The molecule has 0 nitrogen and oxygen atoms in total. The third-order valence-corrected chi connectivity index (χ3v) is 5.57. The summed E-state index contributed by atoms with van der Waals surface area (Å²) in [6, 6.07) is 6.20. The van der Waals surface area contributed by atoms with E-state index in [1.165, 1.54) is 18.1 Å². The Labute approximate surface area is 165 Å². The van der Waals surface area contributed by atoms with Crippen molar-refractivity contribution >= 4 is 0 Å². The summed E-state index contributed by atoms with van der Waals surface area (Å²) in [5.41, 5.74) is -0.231. The van der Waals surface area contributed by atoms with Crippen molar-refractivity contribution in [3.05, 3.63) is 58.9 Å². The van der Waals surface area contributed by atoms with Crippen molar-refractivity contribution in [2.75, 3.05) is 0 Å². The molecule has 2 aromatic rings. The molecule has 1 aliphatic rings. The van der Waals surface area contributed by atoms with Crippen molar-refractivity contribution in [3.63, 3.8) is 0 Å². The van der Waals surface area contributed by atoms with E-state index >= 15 is 0 Å². The molecule has 0 bridgehead atoms. The van der Waals surface area contributed by atoms with E-state index in [4.69, 9.17) is 0 Å². The van der Waals surface area contributed by atoms with Gasteiger partial charge in [0.05, 0.1) is 5.56 Å². The van der Waals surface area contributed by atoms with Crippen LogP contribution in [0.1, 0.15) is 56.1 Å². The summed E-state index contributed by atoms with van der Waals surface area (Å²) in [6.07, 6.45) is 0.430. The van der Waals surface area contributed by atoms with Crippen LogP contribution in [0.25, 0.3) is 11.1 Å². The summed E-state index contributed by atoms with van der Waals surface area (Å²) in [5.74, 6) is 0.112. The van der Waals surface area contributed by atoms with Gasteiger partial charge in [-0.05, 0) is 66.8 Å².